The van der Waals surface area contributed by atoms with Crippen molar-refractivity contribution in [2.75, 3.05) is 13.1 Å². The number of nitrogens with zero attached hydrogens (tertiary/aromatic N) is 1. The van der Waals surface area contributed by atoms with Crippen molar-refractivity contribution in [1.29, 1.82) is 0 Å². The number of nitrogens with one attached hydrogen (secondary N) is 1. The van der Waals surface area contributed by atoms with Crippen LogP contribution in [0, 0.1) is 11.6 Å². The molecule has 1 heterocycles. The average Bonchev–Trinajstić information content (AvgIpc) is 3.37. The zero-order chi connectivity index (χ0) is 26.4. The Morgan fingerprint density at radius 1 is 0.889 bits per heavy atom. The van der Waals surface area contributed by atoms with Crippen LogP contribution in [0.15, 0.2) is 47.4 Å². The van der Waals surface area contributed by atoms with E-state index in [1.807, 2.05) is 0 Å². The van der Waals surface area contributed by atoms with Gasteiger partial charge < -0.3 is 0 Å². The van der Waals surface area contributed by atoms with Gasteiger partial charge in [-0.05, 0) is 81.0 Å². The maximum Gasteiger partial charge on any atom is 0.416 e. The third-order valence-electron chi connectivity index (χ3n) is 6.94. The van der Waals surface area contributed by atoms with Gasteiger partial charge in [-0.1, -0.05) is 0 Å². The van der Waals surface area contributed by atoms with Gasteiger partial charge in [-0.25, -0.2) is 17.2 Å². The highest BCUT2D eigenvalue weighted by Crippen LogP contribution is 2.48. The molecule has 1 aliphatic carbocycles. The summed E-state index contributed by atoms with van der Waals surface area (Å²) in [5.41, 5.74) is -1.48. The molecule has 6 nitrogen and oxygen atoms in total. The molecule has 0 spiro atoms. The lowest BCUT2D eigenvalue weighted by Gasteiger charge is -2.40. The van der Waals surface area contributed by atoms with Gasteiger partial charge in [-0.15, -0.1) is 0 Å². The first-order valence-electron chi connectivity index (χ1n) is 11.4. The molecule has 4 rings (SSSR count). The van der Waals surface area contributed by atoms with Gasteiger partial charge in [0.25, 0.3) is 10.2 Å². The predicted molar refractivity (Wildman–Crippen MR) is 122 cm³/mol. The second-order valence-electron chi connectivity index (χ2n) is 9.15. The van der Waals surface area contributed by atoms with E-state index in [1.54, 1.807) is 0 Å². The Morgan fingerprint density at radius 2 is 1.47 bits per heavy atom. The standard InChI is InChI=1S/C23H25F5N2O4S2/c24-17-5-8-21(25)20(15-17)22(35(31,32)19-6-3-16(4-7-19)23(26,27)28)11-9-18(10-12-22)29-36(33,34)30-13-1-2-14-30/h3-8,15,18,29H,1-2,9-14H2/t18-,22+. The maximum atomic E-state index is 14.9. The molecule has 1 saturated carbocycles. The van der Waals surface area contributed by atoms with Gasteiger partial charge >= 0.3 is 6.18 Å². The Balaban J connectivity index is 1.69. The van der Waals surface area contributed by atoms with Gasteiger partial charge in [-0.3, -0.25) is 0 Å². The fraction of sp³-hybridized carbons (Fsp3) is 0.478. The Bertz CT molecular complexity index is 1320. The van der Waals surface area contributed by atoms with Crippen LogP contribution >= 0.6 is 0 Å². The molecule has 0 aromatic heterocycles. The van der Waals surface area contributed by atoms with E-state index in [0.717, 1.165) is 43.2 Å². The Hall–Kier alpha value is -2.09. The van der Waals surface area contributed by atoms with Gasteiger partial charge in [0.15, 0.2) is 9.84 Å². The second-order valence-corrected chi connectivity index (χ2v) is 13.1. The number of alkyl halides is 3. The predicted octanol–water partition coefficient (Wildman–Crippen LogP) is 4.53. The molecule has 198 valence electrons. The van der Waals surface area contributed by atoms with Crippen LogP contribution < -0.4 is 4.72 Å². The number of benzene rings is 2. The first-order chi connectivity index (χ1) is 16.8. The van der Waals surface area contributed by atoms with Crippen molar-refractivity contribution < 1.29 is 38.8 Å². The smallest absolute Gasteiger partial charge is 0.223 e. The van der Waals surface area contributed by atoms with Gasteiger partial charge in [0.05, 0.1) is 10.5 Å². The minimum absolute atomic E-state index is 0.00287. The lowest BCUT2D eigenvalue weighted by Crippen LogP contribution is -2.49. The van der Waals surface area contributed by atoms with Crippen LogP contribution in [0.4, 0.5) is 22.0 Å². The summed E-state index contributed by atoms with van der Waals surface area (Å²) in [5.74, 6) is -1.84. The number of rotatable bonds is 6. The van der Waals surface area contributed by atoms with Crippen molar-refractivity contribution in [3.8, 4) is 0 Å². The first-order valence-corrected chi connectivity index (χ1v) is 14.3. The number of halogens is 5. The number of hydrogen-bond donors (Lipinski definition) is 1. The highest BCUT2D eigenvalue weighted by atomic mass is 32.2. The molecule has 2 aromatic rings. The van der Waals surface area contributed by atoms with E-state index < -0.39 is 64.7 Å². The average molecular weight is 553 g/mol. The van der Waals surface area contributed by atoms with E-state index in [4.69, 9.17) is 0 Å². The molecule has 1 aliphatic heterocycles. The Morgan fingerprint density at radius 3 is 2.03 bits per heavy atom. The van der Waals surface area contributed by atoms with Crippen LogP contribution in [0.1, 0.15) is 49.7 Å². The molecule has 0 amide bonds. The third-order valence-corrected chi connectivity index (χ3v) is 11.2. The van der Waals surface area contributed by atoms with Crippen LogP contribution in [0.25, 0.3) is 0 Å². The van der Waals surface area contributed by atoms with Crippen molar-refractivity contribution in [2.24, 2.45) is 0 Å². The molecule has 2 fully saturated rings. The van der Waals surface area contributed by atoms with Crippen molar-refractivity contribution in [2.45, 2.75) is 60.4 Å². The lowest BCUT2D eigenvalue weighted by atomic mass is 9.80. The zero-order valence-corrected chi connectivity index (χ0v) is 20.7. The monoisotopic (exact) mass is 552 g/mol. The summed E-state index contributed by atoms with van der Waals surface area (Å²) < 4.78 is 123. The molecular weight excluding hydrogens is 527 g/mol. The quantitative estimate of drug-likeness (QED) is 0.534. The van der Waals surface area contributed by atoms with Crippen molar-refractivity contribution in [3.05, 3.63) is 65.2 Å². The summed E-state index contributed by atoms with van der Waals surface area (Å²) in [7, 11) is -8.31. The van der Waals surface area contributed by atoms with Crippen LogP contribution in [0.3, 0.4) is 0 Å². The maximum absolute atomic E-state index is 14.9. The van der Waals surface area contributed by atoms with E-state index in [-0.39, 0.29) is 25.7 Å². The summed E-state index contributed by atoms with van der Waals surface area (Å²) in [6, 6.07) is 4.65. The summed E-state index contributed by atoms with van der Waals surface area (Å²) in [5, 5.41) is 0. The van der Waals surface area contributed by atoms with Crippen LogP contribution in [0.5, 0.6) is 0 Å². The van der Waals surface area contributed by atoms with Gasteiger partial charge in [0.2, 0.25) is 0 Å². The van der Waals surface area contributed by atoms with E-state index in [2.05, 4.69) is 4.72 Å². The van der Waals surface area contributed by atoms with Gasteiger partial charge in [0, 0.05) is 24.7 Å². The second kappa shape index (κ2) is 9.66. The highest BCUT2D eigenvalue weighted by Gasteiger charge is 2.50. The topological polar surface area (TPSA) is 83.5 Å². The molecule has 1 saturated heterocycles. The third kappa shape index (κ3) is 5.02. The van der Waals surface area contributed by atoms with Gasteiger partial charge in [0.1, 0.15) is 16.4 Å². The molecule has 0 atom stereocenters. The molecule has 13 heteroatoms. The molecule has 36 heavy (non-hydrogen) atoms. The first kappa shape index (κ1) is 27.0. The summed E-state index contributed by atoms with van der Waals surface area (Å²) >= 11 is 0. The molecule has 2 aliphatic rings. The normalized spacial score (nSPS) is 24.2. The fourth-order valence-corrected chi connectivity index (χ4v) is 8.70. The molecule has 1 N–H and O–H groups in total. The highest BCUT2D eigenvalue weighted by molar-refractivity contribution is 7.92. The summed E-state index contributed by atoms with van der Waals surface area (Å²) in [6.07, 6.45) is -3.73. The molecule has 0 radical (unpaired) electrons. The number of hydrogen-bond acceptors (Lipinski definition) is 4. The number of sulfone groups is 1. The molecule has 0 unspecified atom stereocenters. The Labute approximate surface area is 206 Å². The minimum atomic E-state index is -4.68. The SMILES string of the molecule is O=S(=O)(N[C@H]1CC[C@@](c2cc(F)ccc2F)(S(=O)(=O)c2ccc(C(F)(F)F)cc2)CC1)N1CCCC1. The van der Waals surface area contributed by atoms with E-state index in [0.29, 0.717) is 25.2 Å². The minimum Gasteiger partial charge on any atom is -0.223 e. The van der Waals surface area contributed by atoms with Crippen molar-refractivity contribution in [3.63, 3.8) is 0 Å². The van der Waals surface area contributed by atoms with E-state index in [1.165, 1.54) is 4.31 Å². The van der Waals surface area contributed by atoms with Crippen LogP contribution in [-0.2, 0) is 31.0 Å². The van der Waals surface area contributed by atoms with E-state index >= 15 is 0 Å². The lowest BCUT2D eigenvalue weighted by molar-refractivity contribution is -0.137. The Kier molecular flexibility index (Phi) is 7.23. The molecular formula is C23H25F5N2O4S2. The largest absolute Gasteiger partial charge is 0.416 e. The summed E-state index contributed by atoms with van der Waals surface area (Å²) in [6.45, 7) is 0.756. The van der Waals surface area contributed by atoms with E-state index in [9.17, 15) is 38.8 Å². The van der Waals surface area contributed by atoms with Crippen molar-refractivity contribution in [1.82, 2.24) is 9.03 Å². The fourth-order valence-electron chi connectivity index (χ4n) is 4.99. The summed E-state index contributed by atoms with van der Waals surface area (Å²) in [4.78, 5) is -0.463. The van der Waals surface area contributed by atoms with Gasteiger partial charge in [-0.2, -0.15) is 30.6 Å². The molecule has 0 bridgehead atoms. The van der Waals surface area contributed by atoms with Crippen molar-refractivity contribution >= 4 is 20.0 Å². The van der Waals surface area contributed by atoms with Crippen LogP contribution in [0.2, 0.25) is 0 Å². The zero-order valence-electron chi connectivity index (χ0n) is 19.1. The molecule has 2 aromatic carbocycles. The van der Waals surface area contributed by atoms with Crippen LogP contribution in [-0.4, -0.2) is 40.3 Å².